The number of ether oxygens (including phenoxy) is 2. The third-order valence-electron chi connectivity index (χ3n) is 16.3. The minimum atomic E-state index is -2.58. The molecular formula is C54H82N4O9Si2. The molecule has 1 unspecified atom stereocenters. The minimum absolute atomic E-state index is 0.0269. The van der Waals surface area contributed by atoms with Gasteiger partial charge in [-0.1, -0.05) is 120 Å². The van der Waals surface area contributed by atoms with Crippen molar-refractivity contribution in [3.05, 3.63) is 71.3 Å². The molecular weight excluding hydrogens is 905 g/mol. The number of fused-ring (bicyclic) bond motifs is 2. The molecule has 3 heterocycles. The van der Waals surface area contributed by atoms with Gasteiger partial charge in [0, 0.05) is 25.6 Å². The molecule has 0 aromatic heterocycles. The summed E-state index contributed by atoms with van der Waals surface area (Å²) in [6, 6.07) is 9.39. The number of Topliss-reactive ketones (excluding diaryl/α,β-unsaturated/α-hetero) is 1. The lowest BCUT2D eigenvalue weighted by Crippen LogP contribution is -2.58. The molecule has 3 aliphatic heterocycles. The van der Waals surface area contributed by atoms with Crippen LogP contribution in [-0.2, 0) is 36.5 Å². The molecule has 2 saturated heterocycles. The van der Waals surface area contributed by atoms with Crippen molar-refractivity contribution in [1.82, 2.24) is 15.1 Å². The second-order valence-corrected chi connectivity index (χ2v) is 33.1. The van der Waals surface area contributed by atoms with Crippen molar-refractivity contribution in [2.75, 3.05) is 24.6 Å². The highest BCUT2D eigenvalue weighted by molar-refractivity contribution is 6.78. The van der Waals surface area contributed by atoms with E-state index in [0.717, 1.165) is 36.0 Å². The van der Waals surface area contributed by atoms with E-state index in [0.29, 0.717) is 66.0 Å². The summed E-state index contributed by atoms with van der Waals surface area (Å²) in [7, 11) is -5.04. The first kappa shape index (κ1) is 53.9. The topological polar surface area (TPSA) is 144 Å². The fourth-order valence-electron chi connectivity index (χ4n) is 10.9. The van der Waals surface area contributed by atoms with Crippen molar-refractivity contribution in [2.24, 2.45) is 11.3 Å². The van der Waals surface area contributed by atoms with E-state index in [4.69, 9.17) is 18.3 Å². The zero-order chi connectivity index (χ0) is 51.0. The molecule has 1 spiro atoms. The minimum Gasteiger partial charge on any atom is -0.542 e. The number of carbonyl (C=O) groups excluding carboxylic acids is 5. The van der Waals surface area contributed by atoms with Gasteiger partial charge in [-0.3, -0.25) is 19.3 Å². The molecule has 3 fully saturated rings. The number of ketones is 1. The summed E-state index contributed by atoms with van der Waals surface area (Å²) in [4.78, 5) is 75.3. The maximum absolute atomic E-state index is 15.1. The Morgan fingerprint density at radius 1 is 0.928 bits per heavy atom. The lowest BCUT2D eigenvalue weighted by molar-refractivity contribution is -0.131. The zero-order valence-corrected chi connectivity index (χ0v) is 46.2. The number of nitrogens with zero attached hydrogens (tertiary/aromatic N) is 3. The van der Waals surface area contributed by atoms with Crippen LogP contribution in [0.15, 0.2) is 49.1 Å². The lowest BCUT2D eigenvalue weighted by atomic mass is 9.91. The molecule has 1 N–H and O–H groups in total. The number of anilines is 1. The summed E-state index contributed by atoms with van der Waals surface area (Å²) < 4.78 is 26.2. The Labute approximate surface area is 414 Å². The first-order valence-corrected chi connectivity index (χ1v) is 30.6. The molecule has 2 aromatic rings. The van der Waals surface area contributed by atoms with E-state index in [2.05, 4.69) is 87.3 Å². The van der Waals surface area contributed by atoms with Gasteiger partial charge < -0.3 is 28.5 Å². The number of hydrogen-bond donors (Lipinski definition) is 1. The molecule has 4 aliphatic rings. The average molecular weight is 987 g/mol. The van der Waals surface area contributed by atoms with E-state index in [9.17, 15) is 19.2 Å². The largest absolute Gasteiger partial charge is 0.542 e. The Hall–Kier alpha value is -4.48. The number of nitrogens with one attached hydrogen (secondary N) is 1. The number of benzene rings is 2. The van der Waals surface area contributed by atoms with Crippen molar-refractivity contribution in [2.45, 2.75) is 194 Å². The van der Waals surface area contributed by atoms with Crippen molar-refractivity contribution in [3.63, 3.8) is 0 Å². The molecule has 2 aromatic carbocycles. The third kappa shape index (κ3) is 11.2. The van der Waals surface area contributed by atoms with Crippen LogP contribution in [0.2, 0.25) is 34.8 Å². The van der Waals surface area contributed by atoms with Crippen LogP contribution < -0.4 is 14.6 Å². The smallest absolute Gasteiger partial charge is 0.416 e. The second-order valence-electron chi connectivity index (χ2n) is 23.0. The highest BCUT2D eigenvalue weighted by Crippen LogP contribution is 2.58. The fraction of sp³-hybridized carbons (Fsp3) is 0.648. The monoisotopic (exact) mass is 987 g/mol. The number of likely N-dealkylation sites (tertiary alicyclic amines) is 1. The van der Waals surface area contributed by atoms with Gasteiger partial charge >= 0.3 is 12.2 Å². The van der Waals surface area contributed by atoms with Gasteiger partial charge in [0.25, 0.3) is 14.2 Å². The molecule has 13 nitrogen and oxygen atoms in total. The van der Waals surface area contributed by atoms with Gasteiger partial charge in [-0.05, 0) is 108 Å². The first-order chi connectivity index (χ1) is 32.3. The van der Waals surface area contributed by atoms with Crippen LogP contribution in [0.4, 0.5) is 15.3 Å². The molecule has 69 heavy (non-hydrogen) atoms. The maximum atomic E-state index is 15.1. The number of hydrogen-bond acceptors (Lipinski definition) is 9. The molecule has 0 radical (unpaired) electrons. The van der Waals surface area contributed by atoms with Crippen LogP contribution >= 0.6 is 0 Å². The van der Waals surface area contributed by atoms with Crippen LogP contribution in [0.1, 0.15) is 142 Å². The van der Waals surface area contributed by atoms with Gasteiger partial charge in [0.15, 0.2) is 20.3 Å². The molecule has 380 valence electrons. The van der Waals surface area contributed by atoms with E-state index >= 15 is 4.79 Å². The summed E-state index contributed by atoms with van der Waals surface area (Å²) in [6.07, 6.45) is 4.22. The quantitative estimate of drug-likeness (QED) is 0.114. The molecule has 0 bridgehead atoms. The Bertz CT molecular complexity index is 2210. The van der Waals surface area contributed by atoms with Crippen LogP contribution in [0.5, 0.6) is 5.75 Å². The molecule has 1 aliphatic carbocycles. The predicted octanol–water partition coefficient (Wildman–Crippen LogP) is 11.5. The van der Waals surface area contributed by atoms with Gasteiger partial charge in [0.2, 0.25) is 5.91 Å². The van der Waals surface area contributed by atoms with E-state index < -0.39 is 47.1 Å². The van der Waals surface area contributed by atoms with E-state index in [1.165, 1.54) is 11.0 Å². The van der Waals surface area contributed by atoms with Crippen LogP contribution in [0.25, 0.3) is 0 Å². The van der Waals surface area contributed by atoms with Gasteiger partial charge in [-0.25, -0.2) is 14.5 Å². The van der Waals surface area contributed by atoms with Crippen molar-refractivity contribution < 1.29 is 42.3 Å². The standard InChI is InChI=1S/C54H82N4O9Si2/c1-16-27-64-51(62)56-26-18-19-42(56)48(60)55-47(37(9)17-2)45(59)29-39-20-22-40(23-21-39)32-65-52(63)58-43-30-46(66-69(34(3)4,35(5)6)36(7)8)38(10)28-41(43)49(61)57-33-54(24-25-54)31-44(57)50(58)67-68(14,15)53(11,12)13/h16,20-23,28,30,34-37,42,44,47,50H,1,17-19,24-27,29,31-33H2,2-15H3,(H,55,60)/t37-,42+,44-,47-,50?/m0/s1. The molecule has 4 amide bonds. The van der Waals surface area contributed by atoms with E-state index in [-0.39, 0.29) is 59.6 Å². The van der Waals surface area contributed by atoms with Gasteiger partial charge in [-0.15, -0.1) is 0 Å². The first-order valence-electron chi connectivity index (χ1n) is 25.5. The van der Waals surface area contributed by atoms with E-state index in [1.54, 1.807) is 4.90 Å². The normalized spacial score (nSPS) is 21.0. The number of amides is 4. The van der Waals surface area contributed by atoms with Crippen LogP contribution in [-0.4, -0.2) is 100 Å². The summed E-state index contributed by atoms with van der Waals surface area (Å²) >= 11 is 0. The SMILES string of the molecule is C=CCOC(=O)N1CCC[C@@H]1C(=O)N[C@H](C(=O)Cc1ccc(COC(=O)N2c3cc(O[Si](C(C)C)(C(C)C)C(C)C)c(C)cc3C(=O)N3CC4(CC4)C[C@H]3C2O[Si](C)(C)C(C)(C)C)cc1)[C@@H](C)CC. The Balaban J connectivity index is 1.28. The summed E-state index contributed by atoms with van der Waals surface area (Å²) in [5, 5.41) is 2.79. The molecule has 6 rings (SSSR count). The Morgan fingerprint density at radius 3 is 2.12 bits per heavy atom. The zero-order valence-electron chi connectivity index (χ0n) is 44.2. The fourth-order valence-corrected chi connectivity index (χ4v) is 17.4. The summed E-state index contributed by atoms with van der Waals surface area (Å²) in [5.74, 6) is -0.0682. The van der Waals surface area contributed by atoms with Gasteiger partial charge in [-0.2, -0.15) is 0 Å². The molecule has 5 atom stereocenters. The third-order valence-corrected chi connectivity index (χ3v) is 26.7. The average Bonchev–Trinajstić information content (AvgIpc) is 3.68. The molecule has 15 heteroatoms. The summed E-state index contributed by atoms with van der Waals surface area (Å²) in [6.45, 7) is 34.9. The Morgan fingerprint density at radius 2 is 1.55 bits per heavy atom. The van der Waals surface area contributed by atoms with E-state index in [1.807, 2.05) is 62.1 Å². The number of rotatable bonds is 18. The summed E-state index contributed by atoms with van der Waals surface area (Å²) in [5.41, 5.74) is 4.14. The molecule has 1 saturated carbocycles. The predicted molar refractivity (Wildman–Crippen MR) is 277 cm³/mol. The Kier molecular flexibility index (Phi) is 16.5. The highest BCUT2D eigenvalue weighted by Gasteiger charge is 2.60. The number of carbonyl (C=O) groups is 5. The number of aryl methyl sites for hydroxylation is 1. The van der Waals surface area contributed by atoms with Crippen molar-refractivity contribution in [3.8, 4) is 5.75 Å². The van der Waals surface area contributed by atoms with Crippen LogP contribution in [0.3, 0.4) is 0 Å². The maximum Gasteiger partial charge on any atom is 0.416 e. The second kappa shape index (κ2) is 21.1. The van der Waals surface area contributed by atoms with Gasteiger partial charge in [0.05, 0.1) is 23.3 Å². The van der Waals surface area contributed by atoms with Crippen molar-refractivity contribution in [1.29, 1.82) is 0 Å². The lowest BCUT2D eigenvalue weighted by Gasteiger charge is -2.44. The highest BCUT2D eigenvalue weighted by atomic mass is 28.4. The van der Waals surface area contributed by atoms with Gasteiger partial charge in [0.1, 0.15) is 25.0 Å². The van der Waals surface area contributed by atoms with Crippen LogP contribution in [0, 0.1) is 18.3 Å². The van der Waals surface area contributed by atoms with Crippen molar-refractivity contribution >= 4 is 52.1 Å².